The normalized spacial score (nSPS) is 25.6. The van der Waals surface area contributed by atoms with Crippen molar-refractivity contribution in [2.45, 2.75) is 44.4 Å². The van der Waals surface area contributed by atoms with Gasteiger partial charge in [0.2, 0.25) is 0 Å². The molecule has 222 valence electrons. The van der Waals surface area contributed by atoms with Crippen molar-refractivity contribution < 1.29 is 0 Å². The lowest BCUT2D eigenvalue weighted by molar-refractivity contribution is -0.0394. The highest BCUT2D eigenvalue weighted by atomic mass is 15.0. The predicted molar refractivity (Wildman–Crippen MR) is 192 cm³/mol. The second-order valence-electron chi connectivity index (χ2n) is 15.0. The van der Waals surface area contributed by atoms with E-state index < -0.39 is 0 Å². The van der Waals surface area contributed by atoms with E-state index in [-0.39, 0.29) is 5.41 Å². The number of nitrogens with zero attached hydrogens (tertiary/aromatic N) is 1. The molecule has 1 heterocycles. The molecule has 1 heteroatoms. The number of hydrogen-bond acceptors (Lipinski definition) is 0. The van der Waals surface area contributed by atoms with Crippen LogP contribution in [0.15, 0.2) is 121 Å². The highest BCUT2D eigenvalue weighted by Crippen LogP contribution is 2.70. The summed E-state index contributed by atoms with van der Waals surface area (Å²) in [4.78, 5) is 0. The first-order valence-corrected chi connectivity index (χ1v) is 17.5. The van der Waals surface area contributed by atoms with Crippen molar-refractivity contribution in [2.24, 2.45) is 23.7 Å². The topological polar surface area (TPSA) is 4.93 Å². The molecule has 0 unspecified atom stereocenters. The van der Waals surface area contributed by atoms with Gasteiger partial charge in [-0.25, -0.2) is 0 Å². The van der Waals surface area contributed by atoms with Gasteiger partial charge in [-0.15, -0.1) is 0 Å². The van der Waals surface area contributed by atoms with Crippen LogP contribution in [0.2, 0.25) is 0 Å². The van der Waals surface area contributed by atoms with Gasteiger partial charge in [-0.3, -0.25) is 0 Å². The van der Waals surface area contributed by atoms with E-state index in [1.54, 1.807) is 11.1 Å². The minimum atomic E-state index is 0.0991. The lowest BCUT2D eigenvalue weighted by Gasteiger charge is -2.61. The Morgan fingerprint density at radius 1 is 0.522 bits per heavy atom. The third-order valence-electron chi connectivity index (χ3n) is 12.9. The van der Waals surface area contributed by atoms with Crippen molar-refractivity contribution in [1.29, 1.82) is 0 Å². The van der Waals surface area contributed by atoms with Crippen molar-refractivity contribution in [3.05, 3.63) is 138 Å². The monoisotopic (exact) mass is 591 g/mol. The summed E-state index contributed by atoms with van der Waals surface area (Å²) in [7, 11) is 0. The van der Waals surface area contributed by atoms with Gasteiger partial charge in [-0.1, -0.05) is 109 Å². The van der Waals surface area contributed by atoms with Gasteiger partial charge in [-0.2, -0.15) is 0 Å². The Labute approximate surface area is 270 Å². The van der Waals surface area contributed by atoms with Gasteiger partial charge >= 0.3 is 0 Å². The number of rotatable bonds is 2. The first-order chi connectivity index (χ1) is 22.7. The first-order valence-electron chi connectivity index (χ1n) is 17.5. The number of aryl methyl sites for hydroxylation is 1. The summed E-state index contributed by atoms with van der Waals surface area (Å²) in [6.45, 7) is 2.22. The van der Waals surface area contributed by atoms with Gasteiger partial charge in [-0.05, 0) is 119 Å². The molecule has 4 fully saturated rings. The lowest BCUT2D eigenvalue weighted by Crippen LogP contribution is -2.55. The molecule has 0 N–H and O–H groups in total. The van der Waals surface area contributed by atoms with E-state index in [0.29, 0.717) is 0 Å². The second-order valence-corrected chi connectivity index (χ2v) is 15.0. The van der Waals surface area contributed by atoms with E-state index in [1.807, 2.05) is 0 Å². The SMILES string of the molecule is Cc1ccccc1-c1ccc(-n2c3c4c(ccc3c3ccc5ccccc5c32)-c2ccccc2C42C3CC4CC(C3)CC2C4)cc1. The number of aromatic nitrogens is 1. The van der Waals surface area contributed by atoms with E-state index in [2.05, 4.69) is 133 Å². The van der Waals surface area contributed by atoms with Crippen molar-refractivity contribution in [2.75, 3.05) is 0 Å². The maximum Gasteiger partial charge on any atom is 0.0619 e. The molecule has 4 bridgehead atoms. The van der Waals surface area contributed by atoms with Crippen molar-refractivity contribution in [1.82, 2.24) is 4.57 Å². The Kier molecular flexibility index (Phi) is 5.00. The Balaban J connectivity index is 1.28. The average molecular weight is 592 g/mol. The molecule has 0 atom stereocenters. The summed E-state index contributed by atoms with van der Waals surface area (Å²) in [6, 6.07) is 46.4. The summed E-state index contributed by atoms with van der Waals surface area (Å²) in [5, 5.41) is 5.42. The van der Waals surface area contributed by atoms with Crippen LogP contribution in [-0.4, -0.2) is 4.57 Å². The molecule has 12 rings (SSSR count). The van der Waals surface area contributed by atoms with Gasteiger partial charge in [0.1, 0.15) is 0 Å². The molecule has 1 nitrogen and oxygen atoms in total. The van der Waals surface area contributed by atoms with Crippen LogP contribution in [0.25, 0.3) is 60.5 Å². The Bertz CT molecular complexity index is 2360. The largest absolute Gasteiger partial charge is 0.308 e. The maximum absolute atomic E-state index is 2.69. The quantitative estimate of drug-likeness (QED) is 0.188. The molecule has 5 aliphatic carbocycles. The summed E-state index contributed by atoms with van der Waals surface area (Å²) in [5.41, 5.74) is 14.3. The standard InChI is InChI=1S/C45H37N/c1-27-8-2-4-10-35(27)31-14-17-34(18-15-31)46-43-36-11-5-3-9-30(36)16-19-39(43)40-21-20-38-37-12-6-7-13-41(37)45(42(38)44(40)46)32-23-28-22-29(25-32)26-33(45)24-28/h2-21,28-29,32-33H,22-26H2,1H3. The van der Waals surface area contributed by atoms with Crippen molar-refractivity contribution in [3.8, 4) is 27.9 Å². The van der Waals surface area contributed by atoms with Gasteiger partial charge in [0.05, 0.1) is 11.0 Å². The maximum atomic E-state index is 2.69. The molecule has 1 aromatic heterocycles. The molecule has 0 saturated heterocycles. The molecule has 4 saturated carbocycles. The van der Waals surface area contributed by atoms with E-state index in [4.69, 9.17) is 0 Å². The Hall–Kier alpha value is -4.62. The number of benzene rings is 6. The minimum absolute atomic E-state index is 0.0991. The summed E-state index contributed by atoms with van der Waals surface area (Å²) in [5.74, 6) is 3.30. The van der Waals surface area contributed by atoms with Crippen LogP contribution in [0, 0.1) is 30.6 Å². The van der Waals surface area contributed by atoms with E-state index in [0.717, 1.165) is 23.7 Å². The smallest absolute Gasteiger partial charge is 0.0619 e. The van der Waals surface area contributed by atoms with Crippen LogP contribution < -0.4 is 0 Å². The molecule has 0 radical (unpaired) electrons. The zero-order valence-electron chi connectivity index (χ0n) is 26.3. The summed E-state index contributed by atoms with van der Waals surface area (Å²) in [6.07, 6.45) is 7.05. The molecule has 46 heavy (non-hydrogen) atoms. The van der Waals surface area contributed by atoms with E-state index >= 15 is 0 Å². The Morgan fingerprint density at radius 3 is 1.96 bits per heavy atom. The first kappa shape index (κ1) is 25.6. The second kappa shape index (κ2) is 9.01. The predicted octanol–water partition coefficient (Wildman–Crippen LogP) is 11.6. The Morgan fingerprint density at radius 2 is 1.17 bits per heavy atom. The zero-order chi connectivity index (χ0) is 30.1. The van der Waals surface area contributed by atoms with Gasteiger partial charge in [0.25, 0.3) is 0 Å². The van der Waals surface area contributed by atoms with Gasteiger partial charge in [0, 0.05) is 27.3 Å². The van der Waals surface area contributed by atoms with Crippen LogP contribution in [0.1, 0.15) is 48.8 Å². The van der Waals surface area contributed by atoms with Gasteiger partial charge in [0.15, 0.2) is 0 Å². The van der Waals surface area contributed by atoms with Crippen LogP contribution in [0.3, 0.4) is 0 Å². The molecule has 1 spiro atoms. The van der Waals surface area contributed by atoms with Crippen LogP contribution in [0.4, 0.5) is 0 Å². The highest BCUT2D eigenvalue weighted by Gasteiger charge is 2.62. The van der Waals surface area contributed by atoms with Crippen LogP contribution in [-0.2, 0) is 5.41 Å². The van der Waals surface area contributed by atoms with Crippen molar-refractivity contribution >= 4 is 32.6 Å². The molecular formula is C45H37N. The van der Waals surface area contributed by atoms with Crippen LogP contribution in [0.5, 0.6) is 0 Å². The average Bonchev–Trinajstić information content (AvgIpc) is 3.59. The molecule has 0 aliphatic heterocycles. The molecule has 5 aliphatic rings. The summed E-state index contributed by atoms with van der Waals surface area (Å²) >= 11 is 0. The number of hydrogen-bond donors (Lipinski definition) is 0. The fourth-order valence-electron chi connectivity index (χ4n) is 11.4. The minimum Gasteiger partial charge on any atom is -0.308 e. The van der Waals surface area contributed by atoms with Crippen molar-refractivity contribution in [3.63, 3.8) is 0 Å². The fraction of sp³-hybridized carbons (Fsp3) is 0.244. The summed E-state index contributed by atoms with van der Waals surface area (Å²) < 4.78 is 2.69. The van der Waals surface area contributed by atoms with Crippen LogP contribution >= 0.6 is 0 Å². The highest BCUT2D eigenvalue weighted by molar-refractivity contribution is 6.20. The molecular weight excluding hydrogens is 555 g/mol. The lowest BCUT2D eigenvalue weighted by atomic mass is 9.43. The number of fused-ring (bicyclic) bond motifs is 9. The fourth-order valence-corrected chi connectivity index (χ4v) is 11.4. The molecule has 7 aromatic rings. The zero-order valence-corrected chi connectivity index (χ0v) is 26.3. The molecule has 6 aromatic carbocycles. The van der Waals surface area contributed by atoms with E-state index in [9.17, 15) is 0 Å². The molecule has 0 amide bonds. The van der Waals surface area contributed by atoms with E-state index in [1.165, 1.54) is 98.2 Å². The third kappa shape index (κ3) is 3.12. The third-order valence-corrected chi connectivity index (χ3v) is 12.9. The van der Waals surface area contributed by atoms with Gasteiger partial charge < -0.3 is 4.57 Å².